The zero-order chi connectivity index (χ0) is 31.4. The summed E-state index contributed by atoms with van der Waals surface area (Å²) in [5.74, 6) is -0.451. The van der Waals surface area contributed by atoms with Gasteiger partial charge in [0.05, 0.1) is 23.2 Å². The van der Waals surface area contributed by atoms with E-state index in [-0.39, 0.29) is 11.2 Å². The molecule has 0 bridgehead atoms. The summed E-state index contributed by atoms with van der Waals surface area (Å²) in [6.45, 7) is 0. The molecular weight excluding hydrogens is 635 g/mol. The molecule has 0 radical (unpaired) electrons. The summed E-state index contributed by atoms with van der Waals surface area (Å²) in [5.41, 5.74) is -2.08. The number of amides is 1. The van der Waals surface area contributed by atoms with Crippen LogP contribution in [-0.4, -0.2) is 11.0 Å². The van der Waals surface area contributed by atoms with Gasteiger partial charge in [-0.15, -0.1) is 0 Å². The predicted molar refractivity (Wildman–Crippen MR) is 158 cm³/mol. The van der Waals surface area contributed by atoms with Crippen LogP contribution in [0.3, 0.4) is 0 Å². The van der Waals surface area contributed by atoms with Crippen molar-refractivity contribution in [3.8, 4) is 0 Å². The lowest BCUT2D eigenvalue weighted by Gasteiger charge is -2.31. The van der Waals surface area contributed by atoms with Crippen molar-refractivity contribution in [3.05, 3.63) is 135 Å². The van der Waals surface area contributed by atoms with Gasteiger partial charge in [0.1, 0.15) is 0 Å². The first-order chi connectivity index (χ1) is 20.2. The van der Waals surface area contributed by atoms with Crippen LogP contribution < -0.4 is 16.0 Å². The monoisotopic (exact) mass is 655 g/mol. The van der Waals surface area contributed by atoms with Crippen LogP contribution >= 0.6 is 35.4 Å². The average Bonchev–Trinajstić information content (AvgIpc) is 2.95. The van der Waals surface area contributed by atoms with Gasteiger partial charge in [-0.3, -0.25) is 4.79 Å². The van der Waals surface area contributed by atoms with Crippen molar-refractivity contribution in [3.63, 3.8) is 0 Å². The number of carbonyl (C=O) groups excluding carboxylic acids is 1. The second kappa shape index (κ2) is 13.2. The minimum Gasteiger partial charge on any atom is -0.353 e. The summed E-state index contributed by atoms with van der Waals surface area (Å²) in [5, 5.41) is 8.87. The van der Waals surface area contributed by atoms with Crippen LogP contribution in [0.2, 0.25) is 10.0 Å². The number of halogens is 8. The number of hydrogen-bond acceptors (Lipinski definition) is 2. The summed E-state index contributed by atoms with van der Waals surface area (Å²) in [7, 11) is 0. The van der Waals surface area contributed by atoms with E-state index in [1.807, 2.05) is 0 Å². The van der Waals surface area contributed by atoms with Crippen molar-refractivity contribution in [1.29, 1.82) is 0 Å². The molecule has 0 heterocycles. The molecule has 4 rings (SSSR count). The highest BCUT2D eigenvalue weighted by atomic mass is 35.5. The van der Waals surface area contributed by atoms with E-state index in [9.17, 15) is 31.1 Å². The van der Waals surface area contributed by atoms with Crippen LogP contribution in [0.15, 0.2) is 97.1 Å². The highest BCUT2D eigenvalue weighted by Crippen LogP contribution is 2.38. The highest BCUT2D eigenvalue weighted by Gasteiger charge is 2.37. The van der Waals surface area contributed by atoms with E-state index >= 15 is 0 Å². The van der Waals surface area contributed by atoms with E-state index in [1.54, 1.807) is 78.9 Å². The minimum absolute atomic E-state index is 0.0217. The molecule has 13 heteroatoms. The second-order valence-electron chi connectivity index (χ2n) is 9.29. The summed E-state index contributed by atoms with van der Waals surface area (Å²) < 4.78 is 80.5. The number of alkyl halides is 6. The van der Waals surface area contributed by atoms with E-state index in [0.717, 1.165) is 0 Å². The van der Waals surface area contributed by atoms with Gasteiger partial charge in [-0.25, -0.2) is 0 Å². The van der Waals surface area contributed by atoms with Crippen LogP contribution in [0.1, 0.15) is 44.7 Å². The van der Waals surface area contributed by atoms with Crippen molar-refractivity contribution in [1.82, 2.24) is 10.6 Å². The minimum atomic E-state index is -5.04. The third-order valence-electron chi connectivity index (χ3n) is 6.25. The van der Waals surface area contributed by atoms with E-state index in [2.05, 4.69) is 16.0 Å². The summed E-state index contributed by atoms with van der Waals surface area (Å²) in [6, 6.07) is 20.7. The van der Waals surface area contributed by atoms with Crippen LogP contribution in [0, 0.1) is 0 Å². The summed E-state index contributed by atoms with van der Waals surface area (Å²) >= 11 is 17.5. The lowest BCUT2D eigenvalue weighted by molar-refractivity contribution is -0.143. The van der Waals surface area contributed by atoms with Gasteiger partial charge >= 0.3 is 12.4 Å². The molecule has 224 valence electrons. The molecule has 43 heavy (non-hydrogen) atoms. The standard InChI is InChI=1S/C30H21Cl2F6N3OS/c31-22-10-6-17(7-11-22)25(40-27(42)19-4-2-1-3-5-19)26(18-8-12-23(32)13-9-18)41-28(43)39-24-15-20(29(33,34)35)14-21(16-24)30(36,37)38/h1-16,25-26H,(H,40,42)(H2,39,41,43)/t25-,26+/m0/s1. The van der Waals surface area contributed by atoms with Crippen LogP contribution in [0.4, 0.5) is 32.0 Å². The Kier molecular flexibility index (Phi) is 9.89. The maximum atomic E-state index is 13.4. The molecule has 0 saturated carbocycles. The Hall–Kier alpha value is -3.80. The number of carbonyl (C=O) groups is 1. The molecule has 0 unspecified atom stereocenters. The first-order valence-electron chi connectivity index (χ1n) is 12.4. The third-order valence-corrected chi connectivity index (χ3v) is 6.97. The molecule has 0 fully saturated rings. The van der Waals surface area contributed by atoms with Crippen molar-refractivity contribution < 1.29 is 31.1 Å². The zero-order valence-electron chi connectivity index (χ0n) is 21.7. The number of anilines is 1. The van der Waals surface area contributed by atoms with Crippen LogP contribution in [-0.2, 0) is 12.4 Å². The molecule has 4 nitrogen and oxygen atoms in total. The number of rotatable bonds is 7. The molecule has 2 atom stereocenters. The number of thiocarbonyl (C=S) groups is 1. The number of benzene rings is 4. The molecule has 0 spiro atoms. The van der Waals surface area contributed by atoms with Crippen molar-refractivity contribution >= 4 is 52.1 Å². The Morgan fingerprint density at radius 3 is 1.53 bits per heavy atom. The maximum Gasteiger partial charge on any atom is 0.416 e. The van der Waals surface area contributed by atoms with Gasteiger partial charge in [-0.2, -0.15) is 26.3 Å². The van der Waals surface area contributed by atoms with Gasteiger partial charge in [0, 0.05) is 21.3 Å². The quantitative estimate of drug-likeness (QED) is 0.137. The van der Waals surface area contributed by atoms with E-state index in [4.69, 9.17) is 35.4 Å². The van der Waals surface area contributed by atoms with E-state index in [1.165, 1.54) is 0 Å². The lowest BCUT2D eigenvalue weighted by Crippen LogP contribution is -2.42. The lowest BCUT2D eigenvalue weighted by atomic mass is 9.93. The van der Waals surface area contributed by atoms with Gasteiger partial charge in [0.25, 0.3) is 5.91 Å². The van der Waals surface area contributed by atoms with E-state index < -0.39 is 47.2 Å². The number of nitrogens with one attached hydrogen (secondary N) is 3. The molecule has 0 aliphatic rings. The fourth-order valence-electron chi connectivity index (χ4n) is 4.21. The molecule has 4 aromatic rings. The zero-order valence-corrected chi connectivity index (χ0v) is 24.1. The summed E-state index contributed by atoms with van der Waals surface area (Å²) in [4.78, 5) is 13.3. The molecule has 3 N–H and O–H groups in total. The fourth-order valence-corrected chi connectivity index (χ4v) is 4.70. The van der Waals surface area contributed by atoms with Crippen molar-refractivity contribution in [2.24, 2.45) is 0 Å². The normalized spacial score (nSPS) is 13.1. The van der Waals surface area contributed by atoms with E-state index in [0.29, 0.717) is 38.9 Å². The smallest absolute Gasteiger partial charge is 0.353 e. The predicted octanol–water partition coefficient (Wildman–Crippen LogP) is 9.23. The third kappa shape index (κ3) is 8.62. The molecule has 4 aromatic carbocycles. The Morgan fingerprint density at radius 1 is 0.651 bits per heavy atom. The van der Waals surface area contributed by atoms with Crippen molar-refractivity contribution in [2.75, 3.05) is 5.32 Å². The van der Waals surface area contributed by atoms with Gasteiger partial charge in [-0.05, 0) is 77.9 Å². The van der Waals surface area contributed by atoms with Crippen LogP contribution in [0.25, 0.3) is 0 Å². The maximum absolute atomic E-state index is 13.4. The fraction of sp³-hybridized carbons (Fsp3) is 0.133. The van der Waals surface area contributed by atoms with Gasteiger partial charge in [0.2, 0.25) is 0 Å². The molecule has 0 aromatic heterocycles. The molecule has 0 saturated heterocycles. The first kappa shape index (κ1) is 32.1. The Balaban J connectivity index is 1.73. The van der Waals surface area contributed by atoms with Gasteiger partial charge in [0.15, 0.2) is 5.11 Å². The largest absolute Gasteiger partial charge is 0.416 e. The highest BCUT2D eigenvalue weighted by molar-refractivity contribution is 7.80. The molecule has 1 amide bonds. The molecule has 0 aliphatic carbocycles. The summed E-state index contributed by atoms with van der Waals surface area (Å²) in [6.07, 6.45) is -10.1. The molecular formula is C30H21Cl2F6N3OS. The van der Waals surface area contributed by atoms with Gasteiger partial charge in [-0.1, -0.05) is 65.7 Å². The number of hydrogen-bond donors (Lipinski definition) is 3. The van der Waals surface area contributed by atoms with Crippen LogP contribution in [0.5, 0.6) is 0 Å². The van der Waals surface area contributed by atoms with Gasteiger partial charge < -0.3 is 16.0 Å². The average molecular weight is 656 g/mol. The van der Waals surface area contributed by atoms with Crippen molar-refractivity contribution in [2.45, 2.75) is 24.4 Å². The second-order valence-corrected chi connectivity index (χ2v) is 10.6. The Bertz CT molecular complexity index is 1550. The first-order valence-corrected chi connectivity index (χ1v) is 13.6. The topological polar surface area (TPSA) is 53.2 Å². The Labute approximate surface area is 258 Å². The SMILES string of the molecule is O=C(N[C@@H](c1ccc(Cl)cc1)[C@H](NC(=S)Nc1cc(C(F)(F)F)cc(C(F)(F)F)c1)c1ccc(Cl)cc1)c1ccccc1. The Morgan fingerprint density at radius 2 is 1.09 bits per heavy atom. The molecule has 0 aliphatic heterocycles.